The molecule has 1 N–H and O–H groups in total. The lowest BCUT2D eigenvalue weighted by Gasteiger charge is -2.13. The minimum Gasteiger partial charge on any atom is -0.348 e. The zero-order chi connectivity index (χ0) is 10.7. The molecule has 0 spiro atoms. The van der Waals surface area contributed by atoms with Crippen molar-refractivity contribution in [2.45, 2.75) is 26.4 Å². The summed E-state index contributed by atoms with van der Waals surface area (Å²) < 4.78 is 2.10. The van der Waals surface area contributed by atoms with Gasteiger partial charge in [-0.2, -0.15) is 0 Å². The Balaban J connectivity index is 2.09. The fourth-order valence-electron chi connectivity index (χ4n) is 1.51. The number of nitrogens with one attached hydrogen (secondary N) is 1. The van der Waals surface area contributed by atoms with Gasteiger partial charge in [0.2, 0.25) is 5.95 Å². The first-order valence-electron chi connectivity index (χ1n) is 5.12. The summed E-state index contributed by atoms with van der Waals surface area (Å²) in [7, 11) is 0. The van der Waals surface area contributed by atoms with E-state index in [-0.39, 0.29) is 0 Å². The van der Waals surface area contributed by atoms with E-state index in [9.17, 15) is 0 Å². The van der Waals surface area contributed by atoms with Gasteiger partial charge in [0.25, 0.3) is 0 Å². The van der Waals surface area contributed by atoms with E-state index in [1.165, 1.54) is 4.88 Å². The van der Waals surface area contributed by atoms with Crippen LogP contribution in [0.15, 0.2) is 29.9 Å². The Kier molecular flexibility index (Phi) is 3.06. The molecular weight excluding hydrogens is 206 g/mol. The molecule has 1 unspecified atom stereocenters. The summed E-state index contributed by atoms with van der Waals surface area (Å²) in [6.45, 7) is 5.21. The fraction of sp³-hybridized carbons (Fsp3) is 0.364. The number of imidazole rings is 1. The zero-order valence-corrected chi connectivity index (χ0v) is 9.79. The molecule has 15 heavy (non-hydrogen) atoms. The summed E-state index contributed by atoms with van der Waals surface area (Å²) >= 11 is 1.77. The molecule has 80 valence electrons. The molecule has 3 nitrogen and oxygen atoms in total. The van der Waals surface area contributed by atoms with E-state index < -0.39 is 0 Å². The van der Waals surface area contributed by atoms with Crippen molar-refractivity contribution >= 4 is 17.3 Å². The number of thiophene rings is 1. The van der Waals surface area contributed by atoms with Gasteiger partial charge in [-0.25, -0.2) is 4.98 Å². The number of nitrogens with zero attached hydrogens (tertiary/aromatic N) is 2. The van der Waals surface area contributed by atoms with Crippen molar-refractivity contribution in [1.29, 1.82) is 0 Å². The first-order valence-corrected chi connectivity index (χ1v) is 6.00. The predicted molar refractivity (Wildman–Crippen MR) is 64.3 cm³/mol. The lowest BCUT2D eigenvalue weighted by atomic mass is 10.3. The van der Waals surface area contributed by atoms with Gasteiger partial charge in [-0.15, -0.1) is 11.3 Å². The lowest BCUT2D eigenvalue weighted by Crippen LogP contribution is -2.10. The summed E-state index contributed by atoms with van der Waals surface area (Å²) in [6, 6.07) is 4.53. The molecule has 0 fully saturated rings. The second kappa shape index (κ2) is 4.49. The molecule has 2 rings (SSSR count). The monoisotopic (exact) mass is 221 g/mol. The maximum atomic E-state index is 4.29. The van der Waals surface area contributed by atoms with Crippen LogP contribution in [0.25, 0.3) is 0 Å². The van der Waals surface area contributed by atoms with E-state index in [4.69, 9.17) is 0 Å². The van der Waals surface area contributed by atoms with Crippen molar-refractivity contribution in [2.75, 3.05) is 5.32 Å². The van der Waals surface area contributed by atoms with Crippen LogP contribution in [0.3, 0.4) is 0 Å². The molecular formula is C11H15N3S. The Morgan fingerprint density at radius 1 is 1.60 bits per heavy atom. The minimum atomic E-state index is 0.317. The highest BCUT2D eigenvalue weighted by Gasteiger charge is 2.08. The molecule has 0 aliphatic carbocycles. The molecule has 0 bridgehead atoms. The van der Waals surface area contributed by atoms with E-state index in [1.54, 1.807) is 11.3 Å². The molecule has 0 saturated carbocycles. The van der Waals surface area contributed by atoms with Crippen molar-refractivity contribution in [3.8, 4) is 0 Å². The van der Waals surface area contributed by atoms with E-state index in [0.717, 1.165) is 12.5 Å². The Bertz CT molecular complexity index is 405. The lowest BCUT2D eigenvalue weighted by molar-refractivity contribution is 0.747. The van der Waals surface area contributed by atoms with Gasteiger partial charge in [-0.05, 0) is 25.3 Å². The van der Waals surface area contributed by atoms with E-state index in [0.29, 0.717) is 6.04 Å². The van der Waals surface area contributed by atoms with Crippen LogP contribution < -0.4 is 5.32 Å². The Labute approximate surface area is 93.8 Å². The van der Waals surface area contributed by atoms with Gasteiger partial charge in [0.05, 0.1) is 6.04 Å². The molecule has 0 saturated heterocycles. The zero-order valence-electron chi connectivity index (χ0n) is 8.97. The van der Waals surface area contributed by atoms with E-state index in [1.807, 2.05) is 12.4 Å². The third kappa shape index (κ3) is 2.21. The van der Waals surface area contributed by atoms with Gasteiger partial charge in [0, 0.05) is 23.8 Å². The number of anilines is 1. The fourth-order valence-corrected chi connectivity index (χ4v) is 2.24. The molecule has 2 heterocycles. The Morgan fingerprint density at radius 3 is 3.13 bits per heavy atom. The van der Waals surface area contributed by atoms with Crippen LogP contribution in [0.4, 0.5) is 5.95 Å². The highest BCUT2D eigenvalue weighted by atomic mass is 32.1. The van der Waals surface area contributed by atoms with Crippen molar-refractivity contribution in [2.24, 2.45) is 0 Å². The summed E-state index contributed by atoms with van der Waals surface area (Å²) in [5.41, 5.74) is 0. The Hall–Kier alpha value is -1.29. The molecule has 2 aromatic heterocycles. The largest absolute Gasteiger partial charge is 0.348 e. The average Bonchev–Trinajstić information content (AvgIpc) is 2.87. The highest BCUT2D eigenvalue weighted by Crippen LogP contribution is 2.22. The molecule has 0 aliphatic rings. The molecule has 1 atom stereocenters. The second-order valence-electron chi connectivity index (χ2n) is 3.42. The third-order valence-corrected chi connectivity index (χ3v) is 3.43. The van der Waals surface area contributed by atoms with Crippen LogP contribution in [0.2, 0.25) is 0 Å². The molecule has 4 heteroatoms. The first-order chi connectivity index (χ1) is 7.31. The van der Waals surface area contributed by atoms with Crippen molar-refractivity contribution in [3.05, 3.63) is 34.8 Å². The van der Waals surface area contributed by atoms with Crippen LogP contribution in [-0.4, -0.2) is 9.55 Å². The maximum Gasteiger partial charge on any atom is 0.203 e. The van der Waals surface area contributed by atoms with E-state index in [2.05, 4.69) is 46.2 Å². The van der Waals surface area contributed by atoms with Gasteiger partial charge in [0.15, 0.2) is 0 Å². The second-order valence-corrected chi connectivity index (χ2v) is 4.40. The molecule has 0 aromatic carbocycles. The van der Waals surface area contributed by atoms with Crippen LogP contribution >= 0.6 is 11.3 Å². The smallest absolute Gasteiger partial charge is 0.203 e. The normalized spacial score (nSPS) is 12.7. The van der Waals surface area contributed by atoms with Gasteiger partial charge >= 0.3 is 0 Å². The van der Waals surface area contributed by atoms with Gasteiger partial charge in [-0.1, -0.05) is 6.07 Å². The quantitative estimate of drug-likeness (QED) is 0.859. The van der Waals surface area contributed by atoms with Crippen molar-refractivity contribution in [1.82, 2.24) is 9.55 Å². The van der Waals surface area contributed by atoms with Gasteiger partial charge < -0.3 is 9.88 Å². The van der Waals surface area contributed by atoms with Crippen LogP contribution in [0.5, 0.6) is 0 Å². The highest BCUT2D eigenvalue weighted by molar-refractivity contribution is 7.10. The number of aryl methyl sites for hydroxylation is 1. The van der Waals surface area contributed by atoms with Gasteiger partial charge in [-0.3, -0.25) is 0 Å². The number of hydrogen-bond acceptors (Lipinski definition) is 3. The SMILES string of the molecule is CCn1ccnc1NC(C)c1cccs1. The van der Waals surface area contributed by atoms with E-state index >= 15 is 0 Å². The van der Waals surface area contributed by atoms with Crippen LogP contribution in [0, 0.1) is 0 Å². The molecule has 0 amide bonds. The molecule has 2 aromatic rings. The number of aromatic nitrogens is 2. The minimum absolute atomic E-state index is 0.317. The maximum absolute atomic E-state index is 4.29. The first kappa shape index (κ1) is 10.2. The third-order valence-electron chi connectivity index (χ3n) is 2.37. The number of rotatable bonds is 4. The average molecular weight is 221 g/mol. The summed E-state index contributed by atoms with van der Waals surface area (Å²) in [4.78, 5) is 5.63. The summed E-state index contributed by atoms with van der Waals surface area (Å²) in [5.74, 6) is 0.943. The predicted octanol–water partition coefficient (Wildman–Crippen LogP) is 3.14. The topological polar surface area (TPSA) is 29.9 Å². The summed E-state index contributed by atoms with van der Waals surface area (Å²) in [6.07, 6.45) is 3.82. The van der Waals surface area contributed by atoms with Gasteiger partial charge in [0.1, 0.15) is 0 Å². The standard InChI is InChI=1S/C11H15N3S/c1-3-14-7-6-12-11(14)13-9(2)10-5-4-8-15-10/h4-9H,3H2,1-2H3,(H,12,13). The molecule has 0 radical (unpaired) electrons. The van der Waals surface area contributed by atoms with Crippen molar-refractivity contribution in [3.63, 3.8) is 0 Å². The van der Waals surface area contributed by atoms with Crippen LogP contribution in [0.1, 0.15) is 24.8 Å². The van der Waals surface area contributed by atoms with Crippen LogP contribution in [-0.2, 0) is 6.54 Å². The molecule has 0 aliphatic heterocycles. The summed E-state index contributed by atoms with van der Waals surface area (Å²) in [5, 5.41) is 5.50. The number of hydrogen-bond donors (Lipinski definition) is 1. The Morgan fingerprint density at radius 2 is 2.47 bits per heavy atom. The van der Waals surface area contributed by atoms with Crippen molar-refractivity contribution < 1.29 is 0 Å².